The van der Waals surface area contributed by atoms with Crippen LogP contribution in [0, 0.1) is 0 Å². The minimum Gasteiger partial charge on any atom is -0.296 e. The first-order valence-corrected chi connectivity index (χ1v) is 15.3. The van der Waals surface area contributed by atoms with Crippen molar-refractivity contribution >= 4 is 0 Å². The van der Waals surface area contributed by atoms with Gasteiger partial charge in [0.25, 0.3) is 0 Å². The van der Waals surface area contributed by atoms with E-state index in [0.29, 0.717) is 0 Å². The standard InChI is InChI=1S/C34H44N8/c1-5-15-35-31(11-1)27-39-19-9-20-41(29-33-13-3-7-17-37-33)25-26-42(30-34-14-4-8-18-38-34)22-10-21-40(24-23-39)28-32-12-2-6-16-36-32/h1-8,11-18H,9-10,19-30H2. The molecule has 4 aromatic heterocycles. The molecule has 0 saturated carbocycles. The van der Waals surface area contributed by atoms with Crippen LogP contribution in [-0.4, -0.2) is 91.9 Å². The molecule has 0 bridgehead atoms. The van der Waals surface area contributed by atoms with Crippen LogP contribution in [-0.2, 0) is 26.2 Å². The fourth-order valence-corrected chi connectivity index (χ4v) is 5.56. The molecule has 5 rings (SSSR count). The predicted octanol–water partition coefficient (Wildman–Crippen LogP) is 4.37. The van der Waals surface area contributed by atoms with Gasteiger partial charge in [-0.05, 0) is 87.6 Å². The van der Waals surface area contributed by atoms with Crippen LogP contribution in [0.4, 0.5) is 0 Å². The summed E-state index contributed by atoms with van der Waals surface area (Å²) in [4.78, 5) is 28.8. The van der Waals surface area contributed by atoms with Crippen molar-refractivity contribution in [1.82, 2.24) is 39.5 Å². The number of rotatable bonds is 8. The SMILES string of the molecule is c1ccc(CN2CCCN(Cc3ccccn3)CCN(Cc3ccccn3)CCCN(Cc3ccccn3)CC2)nc1. The second-order valence-corrected chi connectivity index (χ2v) is 11.1. The molecule has 1 fully saturated rings. The molecule has 1 aliphatic rings. The van der Waals surface area contributed by atoms with E-state index in [2.05, 4.69) is 88.1 Å². The first kappa shape index (κ1) is 29.9. The Morgan fingerprint density at radius 3 is 0.833 bits per heavy atom. The maximum Gasteiger partial charge on any atom is 0.0543 e. The third-order valence-corrected chi connectivity index (χ3v) is 7.81. The van der Waals surface area contributed by atoms with Crippen molar-refractivity contribution in [2.24, 2.45) is 0 Å². The van der Waals surface area contributed by atoms with Crippen molar-refractivity contribution in [3.8, 4) is 0 Å². The quantitative estimate of drug-likeness (QED) is 0.313. The Bertz CT molecular complexity index is 1060. The largest absolute Gasteiger partial charge is 0.296 e. The zero-order valence-corrected chi connectivity index (χ0v) is 24.7. The molecule has 0 atom stereocenters. The number of hydrogen-bond donors (Lipinski definition) is 0. The molecule has 0 spiro atoms. The summed E-state index contributed by atoms with van der Waals surface area (Å²) in [5.41, 5.74) is 4.52. The third kappa shape index (κ3) is 10.4. The highest BCUT2D eigenvalue weighted by Gasteiger charge is 2.17. The van der Waals surface area contributed by atoms with E-state index >= 15 is 0 Å². The maximum atomic E-state index is 4.64. The topological polar surface area (TPSA) is 64.5 Å². The molecule has 0 aliphatic carbocycles. The molecule has 0 N–H and O–H groups in total. The Morgan fingerprint density at radius 2 is 0.619 bits per heavy atom. The van der Waals surface area contributed by atoms with Crippen molar-refractivity contribution in [2.75, 3.05) is 52.4 Å². The number of hydrogen-bond acceptors (Lipinski definition) is 8. The Morgan fingerprint density at radius 1 is 0.357 bits per heavy atom. The molecule has 1 aliphatic heterocycles. The van der Waals surface area contributed by atoms with Crippen LogP contribution in [0.1, 0.15) is 35.6 Å². The van der Waals surface area contributed by atoms with Crippen molar-refractivity contribution in [3.63, 3.8) is 0 Å². The summed E-state index contributed by atoms with van der Waals surface area (Å²) in [6.07, 6.45) is 9.80. The lowest BCUT2D eigenvalue weighted by molar-refractivity contribution is 0.146. The lowest BCUT2D eigenvalue weighted by atomic mass is 10.2. The summed E-state index contributed by atoms with van der Waals surface area (Å²) in [5, 5.41) is 0. The average Bonchev–Trinajstić information content (AvgIpc) is 3.03. The maximum absolute atomic E-state index is 4.64. The normalized spacial score (nSPS) is 17.5. The van der Waals surface area contributed by atoms with Crippen molar-refractivity contribution in [1.29, 1.82) is 0 Å². The van der Waals surface area contributed by atoms with E-state index in [9.17, 15) is 0 Å². The van der Waals surface area contributed by atoms with Gasteiger partial charge in [-0.25, -0.2) is 0 Å². The van der Waals surface area contributed by atoms with Crippen LogP contribution in [0.5, 0.6) is 0 Å². The van der Waals surface area contributed by atoms with Crippen LogP contribution in [0.3, 0.4) is 0 Å². The van der Waals surface area contributed by atoms with Gasteiger partial charge in [-0.2, -0.15) is 0 Å². The van der Waals surface area contributed by atoms with Gasteiger partial charge in [0.1, 0.15) is 0 Å². The Labute approximate surface area is 251 Å². The molecule has 42 heavy (non-hydrogen) atoms. The molecule has 1 saturated heterocycles. The monoisotopic (exact) mass is 564 g/mol. The number of aromatic nitrogens is 4. The van der Waals surface area contributed by atoms with E-state index in [-0.39, 0.29) is 0 Å². The van der Waals surface area contributed by atoms with Crippen molar-refractivity contribution < 1.29 is 0 Å². The zero-order valence-electron chi connectivity index (χ0n) is 24.7. The van der Waals surface area contributed by atoms with Gasteiger partial charge in [0.15, 0.2) is 0 Å². The number of pyridine rings is 4. The summed E-state index contributed by atoms with van der Waals surface area (Å²) < 4.78 is 0. The highest BCUT2D eigenvalue weighted by molar-refractivity contribution is 5.06. The van der Waals surface area contributed by atoms with E-state index in [1.54, 1.807) is 0 Å². The second-order valence-electron chi connectivity index (χ2n) is 11.1. The molecule has 8 heteroatoms. The van der Waals surface area contributed by atoms with Crippen LogP contribution in [0.25, 0.3) is 0 Å². The van der Waals surface area contributed by atoms with Crippen LogP contribution in [0.2, 0.25) is 0 Å². The fraction of sp³-hybridized carbons (Fsp3) is 0.412. The molecule has 0 amide bonds. The van der Waals surface area contributed by atoms with E-state index in [1.807, 2.05) is 49.1 Å². The van der Waals surface area contributed by atoms with E-state index in [4.69, 9.17) is 0 Å². The summed E-state index contributed by atoms with van der Waals surface area (Å²) in [7, 11) is 0. The first-order chi connectivity index (χ1) is 20.8. The molecular formula is C34H44N8. The zero-order chi connectivity index (χ0) is 28.7. The Kier molecular flexibility index (Phi) is 11.9. The molecule has 220 valence electrons. The van der Waals surface area contributed by atoms with Gasteiger partial charge in [-0.3, -0.25) is 39.5 Å². The predicted molar refractivity (Wildman–Crippen MR) is 167 cm³/mol. The first-order valence-electron chi connectivity index (χ1n) is 15.3. The molecule has 5 heterocycles. The third-order valence-electron chi connectivity index (χ3n) is 7.81. The van der Waals surface area contributed by atoms with E-state index < -0.39 is 0 Å². The average molecular weight is 565 g/mol. The van der Waals surface area contributed by atoms with Crippen LogP contribution in [0.15, 0.2) is 97.6 Å². The summed E-state index contributed by atoms with van der Waals surface area (Å²) in [5.74, 6) is 0. The molecule has 4 aromatic rings. The van der Waals surface area contributed by atoms with Gasteiger partial charge in [0.05, 0.1) is 22.8 Å². The molecular weight excluding hydrogens is 520 g/mol. The lowest BCUT2D eigenvalue weighted by Gasteiger charge is -2.32. The second kappa shape index (κ2) is 16.8. The summed E-state index contributed by atoms with van der Waals surface area (Å²) >= 11 is 0. The minimum absolute atomic E-state index is 0.871. The Balaban J connectivity index is 1.31. The van der Waals surface area contributed by atoms with Crippen LogP contribution < -0.4 is 0 Å². The van der Waals surface area contributed by atoms with Gasteiger partial charge in [-0.1, -0.05) is 24.3 Å². The molecule has 0 aromatic carbocycles. The molecule has 8 nitrogen and oxygen atoms in total. The van der Waals surface area contributed by atoms with Crippen LogP contribution >= 0.6 is 0 Å². The fourth-order valence-electron chi connectivity index (χ4n) is 5.56. The highest BCUT2D eigenvalue weighted by atomic mass is 15.2. The van der Waals surface area contributed by atoms with Gasteiger partial charge in [-0.15, -0.1) is 0 Å². The molecule has 0 unspecified atom stereocenters. The Hall–Kier alpha value is -3.56. The highest BCUT2D eigenvalue weighted by Crippen LogP contribution is 2.11. The number of nitrogens with zero attached hydrogens (tertiary/aromatic N) is 8. The lowest BCUT2D eigenvalue weighted by Crippen LogP contribution is -2.40. The van der Waals surface area contributed by atoms with Gasteiger partial charge < -0.3 is 0 Å². The van der Waals surface area contributed by atoms with E-state index in [0.717, 1.165) is 114 Å². The van der Waals surface area contributed by atoms with Crippen molar-refractivity contribution in [2.45, 2.75) is 39.0 Å². The van der Waals surface area contributed by atoms with Crippen molar-refractivity contribution in [3.05, 3.63) is 120 Å². The van der Waals surface area contributed by atoms with E-state index in [1.165, 1.54) is 0 Å². The summed E-state index contributed by atoms with van der Waals surface area (Å²) in [6.45, 7) is 11.6. The van der Waals surface area contributed by atoms with Gasteiger partial charge in [0, 0.05) is 77.1 Å². The summed E-state index contributed by atoms with van der Waals surface area (Å²) in [6, 6.07) is 24.9. The smallest absolute Gasteiger partial charge is 0.0543 e. The minimum atomic E-state index is 0.871. The van der Waals surface area contributed by atoms with Gasteiger partial charge >= 0.3 is 0 Å². The van der Waals surface area contributed by atoms with Gasteiger partial charge in [0.2, 0.25) is 0 Å². The molecule has 0 radical (unpaired) electrons.